The number of likely N-dealkylation sites (N-methyl/N-ethyl adjacent to an activating group) is 1. The van der Waals surface area contributed by atoms with Crippen molar-refractivity contribution in [1.82, 2.24) is 20.2 Å². The minimum atomic E-state index is 0.0424. The second-order valence-corrected chi connectivity index (χ2v) is 4.34. The zero-order valence-corrected chi connectivity index (χ0v) is 11.1. The van der Waals surface area contributed by atoms with E-state index in [0.29, 0.717) is 32.6 Å². The Hall–Kier alpha value is -1.40. The van der Waals surface area contributed by atoms with Crippen LogP contribution in [0.5, 0.6) is 0 Å². The van der Waals surface area contributed by atoms with Crippen LogP contribution in [0.2, 0.25) is 0 Å². The Bertz CT molecular complexity index is 325. The second kappa shape index (κ2) is 8.66. The molecule has 0 saturated heterocycles. The number of hydrogen-bond donors (Lipinski definition) is 2. The van der Waals surface area contributed by atoms with E-state index in [1.165, 1.54) is 0 Å². The molecular weight excluding hydrogens is 232 g/mol. The number of amides is 1. The van der Waals surface area contributed by atoms with Gasteiger partial charge in [-0.15, -0.1) is 0 Å². The van der Waals surface area contributed by atoms with Crippen LogP contribution in [0.4, 0.5) is 0 Å². The molecule has 18 heavy (non-hydrogen) atoms. The van der Waals surface area contributed by atoms with Gasteiger partial charge in [-0.2, -0.15) is 0 Å². The molecule has 0 aliphatic heterocycles. The number of nitrogens with one attached hydrogen (secondary N) is 2. The van der Waals surface area contributed by atoms with Crippen LogP contribution in [-0.2, 0) is 16.0 Å². The molecule has 2 N–H and O–H groups in total. The molecule has 0 fully saturated rings. The van der Waals surface area contributed by atoms with Crippen molar-refractivity contribution < 1.29 is 9.53 Å². The highest BCUT2D eigenvalue weighted by Crippen LogP contribution is 1.96. The third kappa shape index (κ3) is 7.03. The summed E-state index contributed by atoms with van der Waals surface area (Å²) in [6.07, 6.45) is 4.51. The van der Waals surface area contributed by atoms with E-state index in [-0.39, 0.29) is 5.91 Å². The highest BCUT2D eigenvalue weighted by molar-refractivity contribution is 5.76. The van der Waals surface area contributed by atoms with Crippen LogP contribution < -0.4 is 5.32 Å². The van der Waals surface area contributed by atoms with Crippen molar-refractivity contribution >= 4 is 5.91 Å². The number of nitrogens with zero attached hydrogens (tertiary/aromatic N) is 2. The Balaban J connectivity index is 1.94. The van der Waals surface area contributed by atoms with Gasteiger partial charge < -0.3 is 19.9 Å². The SMILES string of the molecule is CN(C)CCOCCNC(=O)CCc1cnc[nH]1. The van der Waals surface area contributed by atoms with Crippen LogP contribution in [0.1, 0.15) is 12.1 Å². The topological polar surface area (TPSA) is 70.2 Å². The van der Waals surface area contributed by atoms with Gasteiger partial charge in [0.2, 0.25) is 5.91 Å². The summed E-state index contributed by atoms with van der Waals surface area (Å²) in [6.45, 7) is 2.71. The normalized spacial score (nSPS) is 10.8. The first-order valence-corrected chi connectivity index (χ1v) is 6.15. The predicted molar refractivity (Wildman–Crippen MR) is 69.3 cm³/mol. The van der Waals surface area contributed by atoms with Gasteiger partial charge in [-0.3, -0.25) is 4.79 Å². The molecule has 6 nitrogen and oxygen atoms in total. The average molecular weight is 254 g/mol. The molecule has 0 atom stereocenters. The van der Waals surface area contributed by atoms with Crippen LogP contribution in [0.15, 0.2) is 12.5 Å². The maximum Gasteiger partial charge on any atom is 0.220 e. The molecule has 0 saturated carbocycles. The lowest BCUT2D eigenvalue weighted by Gasteiger charge is -2.10. The molecule has 1 aromatic rings. The third-order valence-corrected chi connectivity index (χ3v) is 2.43. The third-order valence-electron chi connectivity index (χ3n) is 2.43. The fourth-order valence-corrected chi connectivity index (χ4v) is 1.37. The second-order valence-electron chi connectivity index (χ2n) is 4.34. The highest BCUT2D eigenvalue weighted by atomic mass is 16.5. The van der Waals surface area contributed by atoms with Gasteiger partial charge in [-0.25, -0.2) is 4.98 Å². The minimum Gasteiger partial charge on any atom is -0.378 e. The summed E-state index contributed by atoms with van der Waals surface area (Å²) in [6, 6.07) is 0. The molecule has 0 bridgehead atoms. The molecule has 0 aliphatic rings. The van der Waals surface area contributed by atoms with Crippen LogP contribution in [-0.4, -0.2) is 61.2 Å². The Morgan fingerprint density at radius 1 is 1.50 bits per heavy atom. The lowest BCUT2D eigenvalue weighted by molar-refractivity contribution is -0.121. The summed E-state index contributed by atoms with van der Waals surface area (Å²) < 4.78 is 5.37. The molecule has 0 radical (unpaired) electrons. The van der Waals surface area contributed by atoms with Crippen LogP contribution in [0, 0.1) is 0 Å². The molecule has 1 amide bonds. The summed E-state index contributed by atoms with van der Waals surface area (Å²) in [5.41, 5.74) is 0.979. The monoisotopic (exact) mass is 254 g/mol. The van der Waals surface area contributed by atoms with Gasteiger partial charge >= 0.3 is 0 Å². The van der Waals surface area contributed by atoms with E-state index in [4.69, 9.17) is 4.74 Å². The molecule has 0 unspecified atom stereocenters. The van der Waals surface area contributed by atoms with Crippen molar-refractivity contribution in [3.05, 3.63) is 18.2 Å². The van der Waals surface area contributed by atoms with Crippen molar-refractivity contribution in [2.75, 3.05) is 40.4 Å². The number of aryl methyl sites for hydroxylation is 1. The first-order chi connectivity index (χ1) is 8.68. The number of carbonyl (C=O) groups excluding carboxylic acids is 1. The molecule has 0 aromatic carbocycles. The molecule has 0 spiro atoms. The molecule has 1 aromatic heterocycles. The predicted octanol–water partition coefficient (Wildman–Crippen LogP) is 0.0367. The summed E-state index contributed by atoms with van der Waals surface area (Å²) in [5.74, 6) is 0.0424. The standard InChI is InChI=1S/C12H22N4O2/c1-16(2)6-8-18-7-5-14-12(17)4-3-11-9-13-10-15-11/h9-10H,3-8H2,1-2H3,(H,13,15)(H,14,17). The maximum absolute atomic E-state index is 11.5. The maximum atomic E-state index is 11.5. The van der Waals surface area contributed by atoms with Crippen LogP contribution in [0.25, 0.3) is 0 Å². The number of carbonyl (C=O) groups is 1. The summed E-state index contributed by atoms with van der Waals surface area (Å²) >= 11 is 0. The minimum absolute atomic E-state index is 0.0424. The van der Waals surface area contributed by atoms with Crippen molar-refractivity contribution in [2.45, 2.75) is 12.8 Å². The lowest BCUT2D eigenvalue weighted by Crippen LogP contribution is -2.28. The Kier molecular flexibility index (Phi) is 7.05. The number of H-pyrrole nitrogens is 1. The number of imidazole rings is 1. The molecule has 1 rings (SSSR count). The van der Waals surface area contributed by atoms with Gasteiger partial charge in [0, 0.05) is 31.4 Å². The average Bonchev–Trinajstić information content (AvgIpc) is 2.83. The van der Waals surface area contributed by atoms with Crippen molar-refractivity contribution in [3.63, 3.8) is 0 Å². The van der Waals surface area contributed by atoms with Gasteiger partial charge in [0.15, 0.2) is 0 Å². The Morgan fingerprint density at radius 2 is 2.33 bits per heavy atom. The van der Waals surface area contributed by atoms with Gasteiger partial charge in [0.25, 0.3) is 0 Å². The molecule has 0 aliphatic carbocycles. The van der Waals surface area contributed by atoms with Crippen LogP contribution >= 0.6 is 0 Å². The Morgan fingerprint density at radius 3 is 3.00 bits per heavy atom. The number of aromatic amines is 1. The summed E-state index contributed by atoms with van der Waals surface area (Å²) in [4.78, 5) is 20.4. The largest absolute Gasteiger partial charge is 0.378 e. The van der Waals surface area contributed by atoms with E-state index in [2.05, 4.69) is 20.2 Å². The van der Waals surface area contributed by atoms with Gasteiger partial charge in [0.05, 0.1) is 19.5 Å². The van der Waals surface area contributed by atoms with Crippen LogP contribution in [0.3, 0.4) is 0 Å². The van der Waals surface area contributed by atoms with E-state index in [0.717, 1.165) is 12.2 Å². The summed E-state index contributed by atoms with van der Waals surface area (Å²) in [5, 5.41) is 2.82. The number of hydrogen-bond acceptors (Lipinski definition) is 4. The zero-order valence-electron chi connectivity index (χ0n) is 11.1. The molecule has 1 heterocycles. The molecule has 102 valence electrons. The number of rotatable bonds is 9. The fraction of sp³-hybridized carbons (Fsp3) is 0.667. The van der Waals surface area contributed by atoms with E-state index < -0.39 is 0 Å². The number of ether oxygens (including phenoxy) is 1. The fourth-order valence-electron chi connectivity index (χ4n) is 1.37. The van der Waals surface area contributed by atoms with E-state index in [1.807, 2.05) is 14.1 Å². The molecule has 6 heteroatoms. The van der Waals surface area contributed by atoms with Crippen molar-refractivity contribution in [1.29, 1.82) is 0 Å². The first kappa shape index (κ1) is 14.7. The van der Waals surface area contributed by atoms with E-state index in [9.17, 15) is 4.79 Å². The number of aromatic nitrogens is 2. The Labute approximate surface area is 108 Å². The van der Waals surface area contributed by atoms with Gasteiger partial charge in [-0.05, 0) is 20.5 Å². The zero-order chi connectivity index (χ0) is 13.2. The lowest BCUT2D eigenvalue weighted by atomic mass is 10.2. The smallest absolute Gasteiger partial charge is 0.220 e. The summed E-state index contributed by atoms with van der Waals surface area (Å²) in [7, 11) is 4.00. The van der Waals surface area contributed by atoms with Crippen molar-refractivity contribution in [3.8, 4) is 0 Å². The van der Waals surface area contributed by atoms with E-state index in [1.54, 1.807) is 12.5 Å². The highest BCUT2D eigenvalue weighted by Gasteiger charge is 2.02. The van der Waals surface area contributed by atoms with Gasteiger partial charge in [-0.1, -0.05) is 0 Å². The van der Waals surface area contributed by atoms with Crippen molar-refractivity contribution in [2.24, 2.45) is 0 Å². The van der Waals surface area contributed by atoms with E-state index >= 15 is 0 Å². The first-order valence-electron chi connectivity index (χ1n) is 6.15. The van der Waals surface area contributed by atoms with Gasteiger partial charge in [0.1, 0.15) is 0 Å². The molecular formula is C12H22N4O2. The quantitative estimate of drug-likeness (QED) is 0.610.